The summed E-state index contributed by atoms with van der Waals surface area (Å²) >= 11 is 3.36. The molecule has 2 aromatic carbocycles. The van der Waals surface area contributed by atoms with Crippen LogP contribution in [-0.4, -0.2) is 38.8 Å². The van der Waals surface area contributed by atoms with Crippen LogP contribution in [0.15, 0.2) is 51.8 Å². The molecule has 0 bridgehead atoms. The molecular formula is C20H23BrN2O4S. The summed E-state index contributed by atoms with van der Waals surface area (Å²) in [5.74, 6) is -0.256. The molecule has 1 aliphatic heterocycles. The summed E-state index contributed by atoms with van der Waals surface area (Å²) in [7, 11) is -2.30. The third-order valence-corrected chi connectivity index (χ3v) is 7.22. The minimum absolute atomic E-state index is 0.143. The van der Waals surface area contributed by atoms with Crippen molar-refractivity contribution in [2.24, 2.45) is 5.92 Å². The van der Waals surface area contributed by atoms with Crippen LogP contribution >= 0.6 is 15.9 Å². The molecule has 1 atom stereocenters. The summed E-state index contributed by atoms with van der Waals surface area (Å²) in [5.41, 5.74) is 1.52. The molecule has 0 saturated carbocycles. The molecular weight excluding hydrogens is 444 g/mol. The van der Waals surface area contributed by atoms with Crippen LogP contribution in [0, 0.1) is 12.8 Å². The van der Waals surface area contributed by atoms with Gasteiger partial charge in [-0.1, -0.05) is 22.0 Å². The number of rotatable bonds is 5. The fourth-order valence-electron chi connectivity index (χ4n) is 3.28. The van der Waals surface area contributed by atoms with Crippen molar-refractivity contribution in [3.63, 3.8) is 0 Å². The second-order valence-corrected chi connectivity index (χ2v) is 9.67. The predicted octanol–water partition coefficient (Wildman–Crippen LogP) is 3.81. The van der Waals surface area contributed by atoms with Gasteiger partial charge in [0.1, 0.15) is 10.6 Å². The van der Waals surface area contributed by atoms with E-state index in [9.17, 15) is 13.2 Å². The van der Waals surface area contributed by atoms with E-state index in [4.69, 9.17) is 4.74 Å². The number of hydrogen-bond acceptors (Lipinski definition) is 4. The number of anilines is 1. The summed E-state index contributed by atoms with van der Waals surface area (Å²) < 4.78 is 33.9. The van der Waals surface area contributed by atoms with Gasteiger partial charge in [-0.3, -0.25) is 4.79 Å². The number of aryl methyl sites for hydroxylation is 1. The second-order valence-electron chi connectivity index (χ2n) is 6.85. The molecule has 6 nitrogen and oxygen atoms in total. The van der Waals surface area contributed by atoms with Crippen molar-refractivity contribution >= 4 is 37.5 Å². The number of carbonyl (C=O) groups is 1. The van der Waals surface area contributed by atoms with Crippen LogP contribution in [0.3, 0.4) is 0 Å². The van der Waals surface area contributed by atoms with Crippen LogP contribution in [0.4, 0.5) is 5.69 Å². The lowest BCUT2D eigenvalue weighted by atomic mass is 9.99. The molecule has 1 heterocycles. The topological polar surface area (TPSA) is 75.7 Å². The van der Waals surface area contributed by atoms with Gasteiger partial charge < -0.3 is 10.1 Å². The Labute approximate surface area is 174 Å². The Morgan fingerprint density at radius 3 is 2.61 bits per heavy atom. The van der Waals surface area contributed by atoms with E-state index in [1.54, 1.807) is 24.3 Å². The van der Waals surface area contributed by atoms with Gasteiger partial charge in [-0.05, 0) is 61.7 Å². The molecule has 2 aromatic rings. The van der Waals surface area contributed by atoms with E-state index in [0.717, 1.165) is 10.0 Å². The minimum atomic E-state index is -3.75. The first-order chi connectivity index (χ1) is 13.3. The van der Waals surface area contributed by atoms with Gasteiger partial charge in [-0.2, -0.15) is 4.31 Å². The molecule has 1 N–H and O–H groups in total. The molecule has 0 radical (unpaired) electrons. The number of nitrogens with one attached hydrogen (secondary N) is 1. The van der Waals surface area contributed by atoms with E-state index in [0.29, 0.717) is 30.8 Å². The monoisotopic (exact) mass is 466 g/mol. The number of hydrogen-bond donors (Lipinski definition) is 1. The maximum atomic E-state index is 13.2. The van der Waals surface area contributed by atoms with Crippen molar-refractivity contribution < 1.29 is 17.9 Å². The van der Waals surface area contributed by atoms with E-state index in [1.165, 1.54) is 11.4 Å². The average Bonchev–Trinajstić information content (AvgIpc) is 2.69. The molecule has 8 heteroatoms. The quantitative estimate of drug-likeness (QED) is 0.726. The first-order valence-corrected chi connectivity index (χ1v) is 11.3. The summed E-state index contributed by atoms with van der Waals surface area (Å²) in [6.45, 7) is 2.38. The number of methoxy groups -OCH3 is 1. The Morgan fingerprint density at radius 1 is 1.21 bits per heavy atom. The molecule has 0 unspecified atom stereocenters. The number of halogens is 1. The average molecular weight is 467 g/mol. The number of amides is 1. The van der Waals surface area contributed by atoms with Gasteiger partial charge in [-0.15, -0.1) is 0 Å². The lowest BCUT2D eigenvalue weighted by Gasteiger charge is -2.31. The predicted molar refractivity (Wildman–Crippen MR) is 112 cm³/mol. The van der Waals surface area contributed by atoms with Gasteiger partial charge in [0.15, 0.2) is 0 Å². The number of ether oxygens (including phenoxy) is 1. The van der Waals surface area contributed by atoms with Crippen molar-refractivity contribution in [3.8, 4) is 5.75 Å². The van der Waals surface area contributed by atoms with Crippen molar-refractivity contribution in [2.75, 3.05) is 25.5 Å². The normalized spacial score (nSPS) is 17.9. The molecule has 28 heavy (non-hydrogen) atoms. The highest BCUT2D eigenvalue weighted by Gasteiger charge is 2.34. The maximum absolute atomic E-state index is 13.2. The van der Waals surface area contributed by atoms with E-state index < -0.39 is 15.9 Å². The third kappa shape index (κ3) is 4.56. The number of piperidine rings is 1. The van der Waals surface area contributed by atoms with E-state index in [-0.39, 0.29) is 17.3 Å². The second kappa shape index (κ2) is 8.63. The largest absolute Gasteiger partial charge is 0.495 e. The molecule has 1 saturated heterocycles. The van der Waals surface area contributed by atoms with Crippen molar-refractivity contribution in [3.05, 3.63) is 52.5 Å². The van der Waals surface area contributed by atoms with Gasteiger partial charge in [0.25, 0.3) is 0 Å². The summed E-state index contributed by atoms with van der Waals surface area (Å²) in [4.78, 5) is 12.8. The van der Waals surface area contributed by atoms with Crippen LogP contribution in [0.5, 0.6) is 5.75 Å². The van der Waals surface area contributed by atoms with E-state index >= 15 is 0 Å². The van der Waals surface area contributed by atoms with Crippen molar-refractivity contribution in [2.45, 2.75) is 24.7 Å². The number of benzene rings is 2. The zero-order chi connectivity index (χ0) is 20.3. The Balaban J connectivity index is 1.78. The Bertz CT molecular complexity index is 961. The van der Waals surface area contributed by atoms with Gasteiger partial charge in [-0.25, -0.2) is 8.42 Å². The fourth-order valence-corrected chi connectivity index (χ4v) is 5.31. The Hall–Kier alpha value is -1.90. The van der Waals surface area contributed by atoms with Gasteiger partial charge >= 0.3 is 0 Å². The fraction of sp³-hybridized carbons (Fsp3) is 0.350. The lowest BCUT2D eigenvalue weighted by molar-refractivity contribution is -0.120. The minimum Gasteiger partial charge on any atom is -0.495 e. The highest BCUT2D eigenvalue weighted by molar-refractivity contribution is 9.10. The lowest BCUT2D eigenvalue weighted by Crippen LogP contribution is -2.43. The maximum Gasteiger partial charge on any atom is 0.246 e. The SMILES string of the molecule is COc1ccc(C)cc1S(=O)(=O)N1CCC[C@H](C(=O)Nc2ccc(Br)cc2)C1. The molecule has 0 spiro atoms. The summed E-state index contributed by atoms with van der Waals surface area (Å²) in [5, 5.41) is 2.88. The van der Waals surface area contributed by atoms with Crippen LogP contribution in [-0.2, 0) is 14.8 Å². The van der Waals surface area contributed by atoms with Crippen LogP contribution in [0.25, 0.3) is 0 Å². The standard InChI is InChI=1S/C20H23BrN2O4S/c1-14-5-10-18(27-2)19(12-14)28(25,26)23-11-3-4-15(13-23)20(24)22-17-8-6-16(21)7-9-17/h5-10,12,15H,3-4,11,13H2,1-2H3,(H,22,24)/t15-/m0/s1. The molecule has 0 aromatic heterocycles. The number of carbonyl (C=O) groups excluding carboxylic acids is 1. The summed E-state index contributed by atoms with van der Waals surface area (Å²) in [6, 6.07) is 12.4. The number of nitrogens with zero attached hydrogens (tertiary/aromatic N) is 1. The number of sulfonamides is 1. The molecule has 3 rings (SSSR count). The smallest absolute Gasteiger partial charge is 0.246 e. The van der Waals surface area contributed by atoms with Gasteiger partial charge in [0.05, 0.1) is 13.0 Å². The zero-order valence-electron chi connectivity index (χ0n) is 15.8. The highest BCUT2D eigenvalue weighted by Crippen LogP contribution is 2.31. The van der Waals surface area contributed by atoms with Crippen molar-refractivity contribution in [1.29, 1.82) is 0 Å². The molecule has 0 aliphatic carbocycles. The molecule has 1 fully saturated rings. The molecule has 150 valence electrons. The van der Waals surface area contributed by atoms with Crippen LogP contribution in [0.2, 0.25) is 0 Å². The Morgan fingerprint density at radius 2 is 1.93 bits per heavy atom. The Kier molecular flexibility index (Phi) is 6.42. The molecule has 1 amide bonds. The van der Waals surface area contributed by atoms with E-state index in [1.807, 2.05) is 25.1 Å². The first kappa shape index (κ1) is 20.8. The van der Waals surface area contributed by atoms with E-state index in [2.05, 4.69) is 21.2 Å². The van der Waals surface area contributed by atoms with Crippen molar-refractivity contribution in [1.82, 2.24) is 4.31 Å². The summed E-state index contributed by atoms with van der Waals surface area (Å²) in [6.07, 6.45) is 1.28. The highest BCUT2D eigenvalue weighted by atomic mass is 79.9. The molecule has 1 aliphatic rings. The van der Waals surface area contributed by atoms with Gasteiger partial charge in [0.2, 0.25) is 15.9 Å². The first-order valence-electron chi connectivity index (χ1n) is 9.02. The zero-order valence-corrected chi connectivity index (χ0v) is 18.2. The third-order valence-electron chi connectivity index (χ3n) is 4.80. The van der Waals surface area contributed by atoms with Crippen LogP contribution in [0.1, 0.15) is 18.4 Å². The van der Waals surface area contributed by atoms with Gasteiger partial charge in [0, 0.05) is 23.2 Å². The van der Waals surface area contributed by atoms with Crippen LogP contribution < -0.4 is 10.1 Å².